The van der Waals surface area contributed by atoms with E-state index in [1.54, 1.807) is 7.11 Å². The standard InChI is InChI=1S/C16H16ClNOS/c1-19-15-10-11(6-7-13(15)17)18-14-8-9-20-16-5-3-2-4-12(14)16/h2-7,10,14,18H,8-9H2,1H3. The van der Waals surface area contributed by atoms with Gasteiger partial charge in [-0.15, -0.1) is 11.8 Å². The Bertz CT molecular complexity index is 617. The summed E-state index contributed by atoms with van der Waals surface area (Å²) in [6.07, 6.45) is 1.12. The second-order valence-electron chi connectivity index (χ2n) is 4.72. The molecule has 2 aromatic carbocycles. The molecule has 1 heterocycles. The summed E-state index contributed by atoms with van der Waals surface area (Å²) < 4.78 is 5.27. The van der Waals surface area contributed by atoms with Crippen LogP contribution in [0.5, 0.6) is 5.75 Å². The highest BCUT2D eigenvalue weighted by molar-refractivity contribution is 7.99. The fourth-order valence-corrected chi connectivity index (χ4v) is 3.76. The maximum atomic E-state index is 6.06. The highest BCUT2D eigenvalue weighted by Gasteiger charge is 2.20. The Labute approximate surface area is 128 Å². The minimum Gasteiger partial charge on any atom is -0.495 e. The van der Waals surface area contributed by atoms with Crippen molar-refractivity contribution in [2.45, 2.75) is 17.4 Å². The second kappa shape index (κ2) is 5.98. The van der Waals surface area contributed by atoms with E-state index in [1.807, 2.05) is 30.0 Å². The SMILES string of the molecule is COc1cc(NC2CCSc3ccccc32)ccc1Cl. The van der Waals surface area contributed by atoms with Gasteiger partial charge in [0.2, 0.25) is 0 Å². The molecule has 0 spiro atoms. The number of fused-ring (bicyclic) bond motifs is 1. The molecule has 1 N–H and O–H groups in total. The molecule has 0 bridgehead atoms. The van der Waals surface area contributed by atoms with Crippen molar-refractivity contribution in [3.05, 3.63) is 53.1 Å². The molecule has 20 heavy (non-hydrogen) atoms. The molecule has 0 amide bonds. The van der Waals surface area contributed by atoms with Gasteiger partial charge in [0.1, 0.15) is 5.75 Å². The summed E-state index contributed by atoms with van der Waals surface area (Å²) >= 11 is 7.99. The van der Waals surface area contributed by atoms with Gasteiger partial charge >= 0.3 is 0 Å². The van der Waals surface area contributed by atoms with Crippen LogP contribution in [0.15, 0.2) is 47.4 Å². The summed E-state index contributed by atoms with van der Waals surface area (Å²) in [5.74, 6) is 1.84. The van der Waals surface area contributed by atoms with Crippen LogP contribution in [0.25, 0.3) is 0 Å². The van der Waals surface area contributed by atoms with Gasteiger partial charge in [-0.1, -0.05) is 29.8 Å². The normalized spacial score (nSPS) is 17.4. The lowest BCUT2D eigenvalue weighted by molar-refractivity contribution is 0.415. The minimum atomic E-state index is 0.346. The van der Waals surface area contributed by atoms with E-state index in [0.717, 1.165) is 17.9 Å². The van der Waals surface area contributed by atoms with Gasteiger partial charge in [-0.05, 0) is 30.2 Å². The monoisotopic (exact) mass is 305 g/mol. The van der Waals surface area contributed by atoms with Gasteiger partial charge in [0.05, 0.1) is 18.2 Å². The summed E-state index contributed by atoms with van der Waals surface area (Å²) in [7, 11) is 1.64. The molecule has 0 saturated heterocycles. The fourth-order valence-electron chi connectivity index (χ4n) is 2.44. The summed E-state index contributed by atoms with van der Waals surface area (Å²) in [6, 6.07) is 14.7. The largest absolute Gasteiger partial charge is 0.495 e. The van der Waals surface area contributed by atoms with Crippen molar-refractivity contribution in [2.24, 2.45) is 0 Å². The van der Waals surface area contributed by atoms with Crippen molar-refractivity contribution in [3.8, 4) is 5.75 Å². The highest BCUT2D eigenvalue weighted by Crippen LogP contribution is 2.38. The Morgan fingerprint density at radius 1 is 1.25 bits per heavy atom. The zero-order valence-electron chi connectivity index (χ0n) is 11.2. The fraction of sp³-hybridized carbons (Fsp3) is 0.250. The lowest BCUT2D eigenvalue weighted by Crippen LogP contribution is -2.15. The van der Waals surface area contributed by atoms with Crippen molar-refractivity contribution >= 4 is 29.1 Å². The molecule has 0 saturated carbocycles. The summed E-state index contributed by atoms with van der Waals surface area (Å²) in [5, 5.41) is 4.22. The molecule has 1 atom stereocenters. The summed E-state index contributed by atoms with van der Waals surface area (Å²) in [4.78, 5) is 1.37. The lowest BCUT2D eigenvalue weighted by atomic mass is 10.0. The van der Waals surface area contributed by atoms with Crippen molar-refractivity contribution in [1.29, 1.82) is 0 Å². The van der Waals surface area contributed by atoms with Crippen LogP contribution in [-0.2, 0) is 0 Å². The number of rotatable bonds is 3. The van der Waals surface area contributed by atoms with Gasteiger partial charge in [0, 0.05) is 22.4 Å². The molecule has 1 aliphatic rings. The molecule has 0 radical (unpaired) electrons. The summed E-state index contributed by atoms with van der Waals surface area (Å²) in [6.45, 7) is 0. The van der Waals surface area contributed by atoms with E-state index in [-0.39, 0.29) is 0 Å². The number of benzene rings is 2. The van der Waals surface area contributed by atoms with Crippen LogP contribution < -0.4 is 10.1 Å². The molecular formula is C16H16ClNOS. The third-order valence-corrected chi connectivity index (χ3v) is 4.89. The maximum Gasteiger partial charge on any atom is 0.139 e. The predicted octanol–water partition coefficient (Wildman–Crippen LogP) is 5.00. The van der Waals surface area contributed by atoms with Crippen molar-refractivity contribution in [2.75, 3.05) is 18.2 Å². The number of thioether (sulfide) groups is 1. The number of methoxy groups -OCH3 is 1. The zero-order chi connectivity index (χ0) is 13.9. The molecular weight excluding hydrogens is 290 g/mol. The number of ether oxygens (including phenoxy) is 1. The molecule has 0 fully saturated rings. The molecule has 1 aliphatic heterocycles. The van der Waals surface area contributed by atoms with E-state index in [1.165, 1.54) is 10.5 Å². The number of hydrogen-bond donors (Lipinski definition) is 1. The average molecular weight is 306 g/mol. The number of nitrogens with one attached hydrogen (secondary N) is 1. The van der Waals surface area contributed by atoms with Gasteiger partial charge < -0.3 is 10.1 Å². The average Bonchev–Trinajstić information content (AvgIpc) is 2.49. The van der Waals surface area contributed by atoms with Gasteiger partial charge in [0.15, 0.2) is 0 Å². The maximum absolute atomic E-state index is 6.06. The molecule has 0 aliphatic carbocycles. The van der Waals surface area contributed by atoms with E-state index >= 15 is 0 Å². The molecule has 1 unspecified atom stereocenters. The molecule has 0 aromatic heterocycles. The Kier molecular flexibility index (Phi) is 4.08. The molecule has 2 aromatic rings. The van der Waals surface area contributed by atoms with Crippen LogP contribution in [-0.4, -0.2) is 12.9 Å². The first-order valence-corrected chi connectivity index (χ1v) is 7.96. The van der Waals surface area contributed by atoms with Crippen LogP contribution in [0.1, 0.15) is 18.0 Å². The lowest BCUT2D eigenvalue weighted by Gasteiger charge is -2.27. The Hall–Kier alpha value is -1.32. The van der Waals surface area contributed by atoms with E-state index in [9.17, 15) is 0 Å². The minimum absolute atomic E-state index is 0.346. The number of anilines is 1. The highest BCUT2D eigenvalue weighted by atomic mass is 35.5. The third-order valence-electron chi connectivity index (χ3n) is 3.45. The molecule has 3 rings (SSSR count). The van der Waals surface area contributed by atoms with Crippen molar-refractivity contribution in [1.82, 2.24) is 0 Å². The van der Waals surface area contributed by atoms with Gasteiger partial charge in [-0.25, -0.2) is 0 Å². The zero-order valence-corrected chi connectivity index (χ0v) is 12.8. The van der Waals surface area contributed by atoms with Gasteiger partial charge in [-0.2, -0.15) is 0 Å². The topological polar surface area (TPSA) is 21.3 Å². The van der Waals surface area contributed by atoms with Crippen LogP contribution in [0.3, 0.4) is 0 Å². The first-order chi connectivity index (χ1) is 9.78. The van der Waals surface area contributed by atoms with E-state index in [4.69, 9.17) is 16.3 Å². The molecule has 104 valence electrons. The first kappa shape index (κ1) is 13.7. The van der Waals surface area contributed by atoms with Crippen LogP contribution in [0.2, 0.25) is 5.02 Å². The second-order valence-corrected chi connectivity index (χ2v) is 6.27. The molecule has 2 nitrogen and oxygen atoms in total. The predicted molar refractivity (Wildman–Crippen MR) is 86.2 cm³/mol. The van der Waals surface area contributed by atoms with Gasteiger partial charge in [-0.3, -0.25) is 0 Å². The van der Waals surface area contributed by atoms with E-state index in [0.29, 0.717) is 16.8 Å². The van der Waals surface area contributed by atoms with E-state index < -0.39 is 0 Å². The van der Waals surface area contributed by atoms with Crippen LogP contribution in [0.4, 0.5) is 5.69 Å². The third kappa shape index (κ3) is 2.74. The van der Waals surface area contributed by atoms with Crippen molar-refractivity contribution in [3.63, 3.8) is 0 Å². The number of hydrogen-bond acceptors (Lipinski definition) is 3. The first-order valence-electron chi connectivity index (χ1n) is 6.60. The molecule has 4 heteroatoms. The quantitative estimate of drug-likeness (QED) is 0.862. The van der Waals surface area contributed by atoms with Crippen LogP contribution >= 0.6 is 23.4 Å². The smallest absolute Gasteiger partial charge is 0.139 e. The Morgan fingerprint density at radius 2 is 2.10 bits per heavy atom. The van der Waals surface area contributed by atoms with Crippen molar-refractivity contribution < 1.29 is 4.74 Å². The Morgan fingerprint density at radius 3 is 2.95 bits per heavy atom. The van der Waals surface area contributed by atoms with Crippen LogP contribution in [0, 0.1) is 0 Å². The van der Waals surface area contributed by atoms with Gasteiger partial charge in [0.25, 0.3) is 0 Å². The Balaban J connectivity index is 1.85. The summed E-state index contributed by atoms with van der Waals surface area (Å²) in [5.41, 5.74) is 2.41. The van der Waals surface area contributed by atoms with E-state index in [2.05, 4.69) is 29.6 Å². The number of halogens is 1.